The van der Waals surface area contributed by atoms with Crippen LogP contribution in [0.1, 0.15) is 0 Å². The van der Waals surface area contributed by atoms with Crippen LogP contribution in [0.25, 0.3) is 88.4 Å². The van der Waals surface area contributed by atoms with E-state index in [-0.39, 0.29) is 0 Å². The number of fused-ring (bicyclic) bond motifs is 7. The third-order valence-corrected chi connectivity index (χ3v) is 9.57. The Morgan fingerprint density at radius 2 is 0.771 bits per heavy atom. The maximum atomic E-state index is 4.83. The number of pyridine rings is 2. The molecule has 4 nitrogen and oxygen atoms in total. The van der Waals surface area contributed by atoms with Crippen LogP contribution < -0.4 is 0 Å². The average Bonchev–Trinajstić information content (AvgIpc) is 3.79. The monoisotopic (exact) mass is 612 g/mol. The molecule has 0 radical (unpaired) electrons. The number of rotatable bonds is 4. The minimum absolute atomic E-state index is 0.949. The second kappa shape index (κ2) is 10.5. The maximum Gasteiger partial charge on any atom is 0.137 e. The number of aromatic nitrogens is 4. The van der Waals surface area contributed by atoms with Crippen molar-refractivity contribution in [3.05, 3.63) is 170 Å². The first-order chi connectivity index (χ1) is 23.8. The molecule has 0 aliphatic rings. The van der Waals surface area contributed by atoms with Gasteiger partial charge in [-0.25, -0.2) is 9.97 Å². The molecule has 4 aromatic heterocycles. The van der Waals surface area contributed by atoms with Crippen LogP contribution in [0, 0.1) is 0 Å². The molecule has 0 atom stereocenters. The van der Waals surface area contributed by atoms with Crippen molar-refractivity contribution in [2.24, 2.45) is 0 Å². The molecule has 0 fully saturated rings. The smallest absolute Gasteiger partial charge is 0.137 e. The van der Waals surface area contributed by atoms with E-state index < -0.39 is 0 Å². The van der Waals surface area contributed by atoms with Crippen molar-refractivity contribution < 1.29 is 0 Å². The first-order valence-corrected chi connectivity index (χ1v) is 16.2. The van der Waals surface area contributed by atoms with Crippen LogP contribution in [0.15, 0.2) is 170 Å². The molecule has 0 amide bonds. The molecular weight excluding hydrogens is 585 g/mol. The fourth-order valence-corrected chi connectivity index (χ4v) is 7.25. The summed E-state index contributed by atoms with van der Waals surface area (Å²) in [5.41, 5.74) is 10.9. The Labute approximate surface area is 276 Å². The van der Waals surface area contributed by atoms with Gasteiger partial charge in [-0.15, -0.1) is 0 Å². The lowest BCUT2D eigenvalue weighted by atomic mass is 9.87. The molecule has 0 aliphatic carbocycles. The van der Waals surface area contributed by atoms with Gasteiger partial charge in [0.25, 0.3) is 0 Å². The first-order valence-electron chi connectivity index (χ1n) is 16.2. The van der Waals surface area contributed by atoms with E-state index in [1.807, 2.05) is 48.8 Å². The van der Waals surface area contributed by atoms with Gasteiger partial charge >= 0.3 is 0 Å². The van der Waals surface area contributed by atoms with Gasteiger partial charge in [0, 0.05) is 35.9 Å². The molecule has 4 heteroatoms. The minimum Gasteiger partial charge on any atom is -0.306 e. The van der Waals surface area contributed by atoms with E-state index in [1.165, 1.54) is 54.6 Å². The van der Waals surface area contributed by atoms with Crippen LogP contribution in [-0.2, 0) is 0 Å². The number of nitrogens with zero attached hydrogens (tertiary/aromatic N) is 4. The van der Waals surface area contributed by atoms with Gasteiger partial charge in [-0.2, -0.15) is 0 Å². The SMILES string of the molecule is c1ccc2c(c1)c(-c1ccc(-c3cn4ccccc4n3)cc1)cc1cc(-c3ccc(-c4cn5ccccc5n4)cc3)c3ccccc3c12. The molecule has 10 aromatic rings. The second-order valence-corrected chi connectivity index (χ2v) is 12.4. The van der Waals surface area contributed by atoms with Crippen LogP contribution >= 0.6 is 0 Å². The molecule has 0 bridgehead atoms. The summed E-state index contributed by atoms with van der Waals surface area (Å²) < 4.78 is 4.13. The van der Waals surface area contributed by atoms with E-state index in [0.717, 1.165) is 33.8 Å². The Morgan fingerprint density at radius 1 is 0.375 bits per heavy atom. The third-order valence-electron chi connectivity index (χ3n) is 9.57. The highest BCUT2D eigenvalue weighted by molar-refractivity contribution is 6.25. The van der Waals surface area contributed by atoms with Gasteiger partial charge in [-0.3, -0.25) is 0 Å². The molecule has 0 saturated carbocycles. The van der Waals surface area contributed by atoms with Gasteiger partial charge in [0.1, 0.15) is 11.3 Å². The number of imidazole rings is 2. The van der Waals surface area contributed by atoms with Crippen molar-refractivity contribution in [2.75, 3.05) is 0 Å². The van der Waals surface area contributed by atoms with Crippen molar-refractivity contribution in [2.45, 2.75) is 0 Å². The van der Waals surface area contributed by atoms with Gasteiger partial charge in [-0.05, 0) is 91.0 Å². The molecule has 6 aromatic carbocycles. The Hall–Kier alpha value is -6.52. The number of benzene rings is 6. The molecule has 0 spiro atoms. The summed E-state index contributed by atoms with van der Waals surface area (Å²) in [5, 5.41) is 7.54. The lowest BCUT2D eigenvalue weighted by molar-refractivity contribution is 1.19. The first kappa shape index (κ1) is 26.7. The van der Waals surface area contributed by atoms with Crippen molar-refractivity contribution in [3.8, 4) is 44.8 Å². The van der Waals surface area contributed by atoms with Gasteiger partial charge in [0.05, 0.1) is 11.4 Å². The zero-order valence-corrected chi connectivity index (χ0v) is 26.0. The molecule has 10 rings (SSSR count). The maximum absolute atomic E-state index is 4.83. The molecule has 0 unspecified atom stereocenters. The molecule has 0 saturated heterocycles. The molecule has 0 aliphatic heterocycles. The van der Waals surface area contributed by atoms with Crippen molar-refractivity contribution in [1.29, 1.82) is 0 Å². The van der Waals surface area contributed by atoms with Crippen LogP contribution in [0.4, 0.5) is 0 Å². The molecule has 0 N–H and O–H groups in total. The lowest BCUT2D eigenvalue weighted by Crippen LogP contribution is -1.89. The predicted octanol–water partition coefficient (Wildman–Crippen LogP) is 11.1. The number of hydrogen-bond donors (Lipinski definition) is 0. The number of hydrogen-bond acceptors (Lipinski definition) is 2. The highest BCUT2D eigenvalue weighted by atomic mass is 15.0. The molecule has 48 heavy (non-hydrogen) atoms. The summed E-state index contributed by atoms with van der Waals surface area (Å²) in [7, 11) is 0. The summed E-state index contributed by atoms with van der Waals surface area (Å²) in [6.45, 7) is 0. The summed E-state index contributed by atoms with van der Waals surface area (Å²) in [5.74, 6) is 0. The second-order valence-electron chi connectivity index (χ2n) is 12.4. The Kier molecular flexibility index (Phi) is 5.84. The molecular formula is C44H28N4. The summed E-state index contributed by atoms with van der Waals surface area (Å²) >= 11 is 0. The van der Waals surface area contributed by atoms with Gasteiger partial charge in [-0.1, -0.05) is 109 Å². The summed E-state index contributed by atoms with van der Waals surface area (Å²) in [6, 6.07) is 52.2. The van der Waals surface area contributed by atoms with E-state index in [0.29, 0.717) is 0 Å². The van der Waals surface area contributed by atoms with Crippen LogP contribution in [-0.4, -0.2) is 18.8 Å². The van der Waals surface area contributed by atoms with Gasteiger partial charge < -0.3 is 8.80 Å². The Bertz CT molecular complexity index is 2560. The van der Waals surface area contributed by atoms with E-state index in [1.54, 1.807) is 0 Å². The minimum atomic E-state index is 0.949. The van der Waals surface area contributed by atoms with E-state index >= 15 is 0 Å². The molecule has 224 valence electrons. The molecule has 4 heterocycles. The van der Waals surface area contributed by atoms with Crippen LogP contribution in [0.2, 0.25) is 0 Å². The van der Waals surface area contributed by atoms with Gasteiger partial charge in [0.2, 0.25) is 0 Å². The van der Waals surface area contributed by atoms with Crippen molar-refractivity contribution in [3.63, 3.8) is 0 Å². The van der Waals surface area contributed by atoms with E-state index in [9.17, 15) is 0 Å². The summed E-state index contributed by atoms with van der Waals surface area (Å²) in [6.07, 6.45) is 8.25. The van der Waals surface area contributed by atoms with E-state index in [2.05, 4.69) is 130 Å². The quantitative estimate of drug-likeness (QED) is 0.185. The Morgan fingerprint density at radius 3 is 1.21 bits per heavy atom. The fourth-order valence-electron chi connectivity index (χ4n) is 7.25. The average molecular weight is 613 g/mol. The van der Waals surface area contributed by atoms with Crippen LogP contribution in [0.5, 0.6) is 0 Å². The highest BCUT2D eigenvalue weighted by Gasteiger charge is 2.15. The lowest BCUT2D eigenvalue weighted by Gasteiger charge is -2.16. The summed E-state index contributed by atoms with van der Waals surface area (Å²) in [4.78, 5) is 9.67. The van der Waals surface area contributed by atoms with Crippen molar-refractivity contribution >= 4 is 43.6 Å². The van der Waals surface area contributed by atoms with Crippen molar-refractivity contribution in [1.82, 2.24) is 18.8 Å². The van der Waals surface area contributed by atoms with Crippen LogP contribution in [0.3, 0.4) is 0 Å². The third kappa shape index (κ3) is 4.24. The van der Waals surface area contributed by atoms with Gasteiger partial charge in [0.15, 0.2) is 0 Å². The standard InChI is InChI=1S/C44H28N4/c1-3-11-36-34(9-1)38(29-15-19-31(20-16-29)40-27-47-23-7-5-13-42(47)45-40)25-33-26-39(35-10-2-4-12-37(35)44(33)36)30-17-21-32(22-18-30)41-28-48-24-8-6-14-43(48)46-41/h1-28H. The largest absolute Gasteiger partial charge is 0.306 e. The zero-order valence-electron chi connectivity index (χ0n) is 26.0. The zero-order chi connectivity index (χ0) is 31.6. The fraction of sp³-hybridized carbons (Fsp3) is 0. The normalized spacial score (nSPS) is 11.8. The van der Waals surface area contributed by atoms with E-state index in [4.69, 9.17) is 9.97 Å². The Balaban J connectivity index is 1.12. The predicted molar refractivity (Wildman–Crippen MR) is 198 cm³/mol. The topological polar surface area (TPSA) is 34.6 Å². The highest BCUT2D eigenvalue weighted by Crippen LogP contribution is 2.42.